The second-order valence-corrected chi connectivity index (χ2v) is 4.80. The van der Waals surface area contributed by atoms with E-state index in [0.717, 1.165) is 29.7 Å². The predicted octanol–water partition coefficient (Wildman–Crippen LogP) is 2.24. The maximum absolute atomic E-state index is 11.1. The Hall–Kier alpha value is -2.21. The summed E-state index contributed by atoms with van der Waals surface area (Å²) >= 11 is 0. The molecule has 106 valence electrons. The molecule has 1 heterocycles. The van der Waals surface area contributed by atoms with Gasteiger partial charge >= 0.3 is 0 Å². The summed E-state index contributed by atoms with van der Waals surface area (Å²) in [6.45, 7) is 3.31. The van der Waals surface area contributed by atoms with E-state index in [2.05, 4.69) is 9.88 Å². The summed E-state index contributed by atoms with van der Waals surface area (Å²) in [7, 11) is 1.96. The third-order valence-electron chi connectivity index (χ3n) is 3.30. The van der Waals surface area contributed by atoms with Crippen LogP contribution in [0.2, 0.25) is 0 Å². The lowest BCUT2D eigenvalue weighted by atomic mass is 10.1. The highest BCUT2D eigenvalue weighted by molar-refractivity contribution is 5.99. The van der Waals surface area contributed by atoms with Crippen LogP contribution in [0.25, 0.3) is 10.8 Å². The van der Waals surface area contributed by atoms with E-state index < -0.39 is 0 Å². The van der Waals surface area contributed by atoms with Gasteiger partial charge in [0.2, 0.25) is 0 Å². The minimum Gasteiger partial charge on any atom is -0.374 e. The fraction of sp³-hybridized carbons (Fsp3) is 0.357. The molecule has 0 saturated heterocycles. The minimum absolute atomic E-state index is 0.0866. The summed E-state index contributed by atoms with van der Waals surface area (Å²) in [4.78, 5) is 17.0. The molecule has 6 heteroatoms. The fourth-order valence-corrected chi connectivity index (χ4v) is 2.25. The lowest BCUT2D eigenvalue weighted by Gasteiger charge is -2.21. The molecule has 1 aromatic heterocycles. The second-order valence-electron chi connectivity index (χ2n) is 4.80. The molecule has 2 N–H and O–H groups in total. The topological polar surface area (TPSA) is 85.3 Å². The monoisotopic (exact) mass is 274 g/mol. The van der Waals surface area contributed by atoms with Crippen molar-refractivity contribution in [2.24, 2.45) is 5.73 Å². The molecule has 0 saturated carbocycles. The smallest absolute Gasteiger partial charge is 0.278 e. The molecule has 0 radical (unpaired) electrons. The second kappa shape index (κ2) is 5.83. The van der Waals surface area contributed by atoms with Gasteiger partial charge in [0.15, 0.2) is 0 Å². The van der Waals surface area contributed by atoms with Gasteiger partial charge in [-0.1, -0.05) is 0 Å². The van der Waals surface area contributed by atoms with Crippen LogP contribution in [-0.4, -0.2) is 30.0 Å². The number of nitro groups is 1. The Morgan fingerprint density at radius 1 is 1.40 bits per heavy atom. The lowest BCUT2D eigenvalue weighted by molar-refractivity contribution is -0.383. The summed E-state index contributed by atoms with van der Waals surface area (Å²) < 4.78 is 0. The third kappa shape index (κ3) is 2.70. The Kier molecular flexibility index (Phi) is 4.14. The van der Waals surface area contributed by atoms with Gasteiger partial charge in [-0.15, -0.1) is 0 Å². The molecule has 0 aliphatic rings. The van der Waals surface area contributed by atoms with E-state index in [1.165, 1.54) is 6.07 Å². The summed E-state index contributed by atoms with van der Waals surface area (Å²) in [5.74, 6) is 0. The number of non-ortho nitro benzene ring substituents is 1. The van der Waals surface area contributed by atoms with Crippen molar-refractivity contribution < 1.29 is 4.92 Å². The number of rotatable bonds is 5. The van der Waals surface area contributed by atoms with Gasteiger partial charge in [-0.3, -0.25) is 15.1 Å². The number of hydrogen-bond acceptors (Lipinski definition) is 5. The highest BCUT2D eigenvalue weighted by atomic mass is 16.6. The third-order valence-corrected chi connectivity index (χ3v) is 3.30. The van der Waals surface area contributed by atoms with Crippen LogP contribution in [-0.2, 0) is 0 Å². The SMILES string of the molecule is Cc1cc2c(N(C)CCCN)ccc([N+](=O)[O-])c2cn1. The van der Waals surface area contributed by atoms with E-state index in [4.69, 9.17) is 5.73 Å². The van der Waals surface area contributed by atoms with Crippen molar-refractivity contribution in [1.82, 2.24) is 4.98 Å². The van der Waals surface area contributed by atoms with Crippen molar-refractivity contribution in [2.75, 3.05) is 25.0 Å². The number of nitrogens with two attached hydrogens (primary N) is 1. The number of hydrogen-bond donors (Lipinski definition) is 1. The van der Waals surface area contributed by atoms with Gasteiger partial charge in [-0.2, -0.15) is 0 Å². The van der Waals surface area contributed by atoms with E-state index in [1.54, 1.807) is 12.3 Å². The molecule has 0 bridgehead atoms. The van der Waals surface area contributed by atoms with Gasteiger partial charge in [0, 0.05) is 42.6 Å². The predicted molar refractivity (Wildman–Crippen MR) is 80.1 cm³/mol. The zero-order valence-corrected chi connectivity index (χ0v) is 11.7. The number of benzene rings is 1. The molecule has 0 aliphatic heterocycles. The van der Waals surface area contributed by atoms with Gasteiger partial charge in [0.25, 0.3) is 5.69 Å². The maximum atomic E-state index is 11.1. The van der Waals surface area contributed by atoms with Gasteiger partial charge in [0.1, 0.15) is 0 Å². The van der Waals surface area contributed by atoms with Crippen LogP contribution in [0.1, 0.15) is 12.1 Å². The van der Waals surface area contributed by atoms with E-state index in [9.17, 15) is 10.1 Å². The van der Waals surface area contributed by atoms with Crippen molar-refractivity contribution in [3.63, 3.8) is 0 Å². The van der Waals surface area contributed by atoms with Gasteiger partial charge < -0.3 is 10.6 Å². The van der Waals surface area contributed by atoms with Gasteiger partial charge in [-0.25, -0.2) is 0 Å². The first-order valence-corrected chi connectivity index (χ1v) is 6.49. The number of anilines is 1. The van der Waals surface area contributed by atoms with E-state index in [0.29, 0.717) is 11.9 Å². The number of fused-ring (bicyclic) bond motifs is 1. The molecule has 0 spiro atoms. The molecule has 1 aromatic carbocycles. The highest BCUT2D eigenvalue weighted by Crippen LogP contribution is 2.33. The summed E-state index contributed by atoms with van der Waals surface area (Å²) in [6.07, 6.45) is 2.45. The number of pyridine rings is 1. The molecule has 0 fully saturated rings. The van der Waals surface area contributed by atoms with Crippen LogP contribution in [0.15, 0.2) is 24.4 Å². The molecular formula is C14H18N4O2. The summed E-state index contributed by atoms with van der Waals surface area (Å²) in [5.41, 5.74) is 7.42. The lowest BCUT2D eigenvalue weighted by Crippen LogP contribution is -2.21. The molecule has 0 unspecified atom stereocenters. The Labute approximate surface area is 117 Å². The van der Waals surface area contributed by atoms with E-state index >= 15 is 0 Å². The molecular weight excluding hydrogens is 256 g/mol. The molecule has 2 aromatic rings. The van der Waals surface area contributed by atoms with Crippen molar-refractivity contribution in [3.05, 3.63) is 40.2 Å². The number of nitrogens with zero attached hydrogens (tertiary/aromatic N) is 3. The van der Waals surface area contributed by atoms with Crippen molar-refractivity contribution in [1.29, 1.82) is 0 Å². The van der Waals surface area contributed by atoms with Gasteiger partial charge in [0.05, 0.1) is 10.3 Å². The van der Waals surface area contributed by atoms with Crippen LogP contribution in [0.5, 0.6) is 0 Å². The van der Waals surface area contributed by atoms with Crippen molar-refractivity contribution in [2.45, 2.75) is 13.3 Å². The summed E-state index contributed by atoms with van der Waals surface area (Å²) in [5, 5.41) is 12.5. The van der Waals surface area contributed by atoms with Gasteiger partial charge in [-0.05, 0) is 32.0 Å². The van der Waals surface area contributed by atoms with E-state index in [-0.39, 0.29) is 10.6 Å². The Balaban J connectivity index is 2.58. The van der Waals surface area contributed by atoms with Crippen LogP contribution in [0.3, 0.4) is 0 Å². The zero-order valence-electron chi connectivity index (χ0n) is 11.7. The first-order valence-electron chi connectivity index (χ1n) is 6.49. The molecule has 6 nitrogen and oxygen atoms in total. The Bertz CT molecular complexity index is 642. The standard InChI is InChI=1S/C14H18N4O2/c1-10-8-11-12(9-16-10)14(18(19)20)5-4-13(11)17(2)7-3-6-15/h4-5,8-9H,3,6-7,15H2,1-2H3. The molecule has 20 heavy (non-hydrogen) atoms. The van der Waals surface area contributed by atoms with Crippen LogP contribution in [0, 0.1) is 17.0 Å². The normalized spacial score (nSPS) is 10.8. The fourth-order valence-electron chi connectivity index (χ4n) is 2.25. The molecule has 0 atom stereocenters. The first-order chi connectivity index (χ1) is 9.54. The zero-order chi connectivity index (χ0) is 14.7. The van der Waals surface area contributed by atoms with Crippen LogP contribution >= 0.6 is 0 Å². The van der Waals surface area contributed by atoms with E-state index in [1.807, 2.05) is 20.0 Å². The van der Waals surface area contributed by atoms with Crippen LogP contribution < -0.4 is 10.6 Å². The number of aromatic nitrogens is 1. The molecule has 0 aliphatic carbocycles. The average molecular weight is 274 g/mol. The molecule has 2 rings (SSSR count). The number of nitro benzene ring substituents is 1. The largest absolute Gasteiger partial charge is 0.374 e. The summed E-state index contributed by atoms with van der Waals surface area (Å²) in [6, 6.07) is 5.21. The first kappa shape index (κ1) is 14.2. The Morgan fingerprint density at radius 3 is 2.80 bits per heavy atom. The quantitative estimate of drug-likeness (QED) is 0.667. The van der Waals surface area contributed by atoms with Crippen molar-refractivity contribution in [3.8, 4) is 0 Å². The van der Waals surface area contributed by atoms with Crippen LogP contribution in [0.4, 0.5) is 11.4 Å². The minimum atomic E-state index is -0.372. The van der Waals surface area contributed by atoms with Crippen molar-refractivity contribution >= 4 is 22.1 Å². The highest BCUT2D eigenvalue weighted by Gasteiger charge is 2.16. The average Bonchev–Trinajstić information content (AvgIpc) is 2.43. The number of aryl methyl sites for hydroxylation is 1. The maximum Gasteiger partial charge on any atom is 0.278 e. The molecule has 0 amide bonds. The Morgan fingerprint density at radius 2 is 2.15 bits per heavy atom.